The van der Waals surface area contributed by atoms with Crippen LogP contribution in [0.15, 0.2) is 88.9 Å². The first-order valence-electron chi connectivity index (χ1n) is 9.37. The molecule has 7 nitrogen and oxygen atoms in total. The molecule has 4 rings (SSSR count). The van der Waals surface area contributed by atoms with Gasteiger partial charge in [0.15, 0.2) is 5.11 Å². The van der Waals surface area contributed by atoms with Crippen LogP contribution in [0.4, 0.5) is 17.1 Å². The Morgan fingerprint density at radius 3 is 1.81 bits per heavy atom. The fourth-order valence-corrected chi connectivity index (χ4v) is 4.03. The van der Waals surface area contributed by atoms with Crippen molar-refractivity contribution in [2.24, 2.45) is 0 Å². The van der Waals surface area contributed by atoms with E-state index in [0.29, 0.717) is 21.4 Å². The quantitative estimate of drug-likeness (QED) is 0.161. The van der Waals surface area contributed by atoms with Crippen molar-refractivity contribution in [3.8, 4) is 0 Å². The zero-order valence-electron chi connectivity index (χ0n) is 16.3. The van der Waals surface area contributed by atoms with Crippen LogP contribution in [0.1, 0.15) is 5.56 Å². The third-order valence-electron chi connectivity index (χ3n) is 4.76. The van der Waals surface area contributed by atoms with Crippen molar-refractivity contribution in [1.82, 2.24) is 0 Å². The van der Waals surface area contributed by atoms with E-state index in [2.05, 4.69) is 15.9 Å². The summed E-state index contributed by atoms with van der Waals surface area (Å²) in [6.07, 6.45) is 1.34. The predicted molar refractivity (Wildman–Crippen MR) is 129 cm³/mol. The summed E-state index contributed by atoms with van der Waals surface area (Å²) in [5, 5.41) is 11.3. The molecule has 0 aliphatic carbocycles. The zero-order valence-corrected chi connectivity index (χ0v) is 18.7. The van der Waals surface area contributed by atoms with Gasteiger partial charge in [-0.1, -0.05) is 42.5 Å². The molecule has 0 aromatic heterocycles. The zero-order chi connectivity index (χ0) is 22.8. The Balaban J connectivity index is 1.87. The van der Waals surface area contributed by atoms with E-state index in [1.165, 1.54) is 28.0 Å². The number of nitrogens with zero attached hydrogens (tertiary/aromatic N) is 3. The highest BCUT2D eigenvalue weighted by atomic mass is 79.9. The molecule has 0 atom stereocenters. The van der Waals surface area contributed by atoms with Crippen LogP contribution >= 0.6 is 28.1 Å². The number of carbonyl (C=O) groups excluding carboxylic acids is 2. The highest BCUT2D eigenvalue weighted by Gasteiger charge is 2.41. The van der Waals surface area contributed by atoms with E-state index in [0.717, 1.165) is 0 Å². The first kappa shape index (κ1) is 21.5. The number of thiocarbonyl (C=S) groups is 1. The van der Waals surface area contributed by atoms with Crippen molar-refractivity contribution in [1.29, 1.82) is 0 Å². The summed E-state index contributed by atoms with van der Waals surface area (Å²) in [6, 6.07) is 21.9. The molecule has 32 heavy (non-hydrogen) atoms. The standard InChI is InChI=1S/C23H14BrN3O4S/c24-19-12-11-15(14-20(19)27(30)31)13-18-21(28)25(16-7-3-1-4-8-16)23(32)26(22(18)29)17-9-5-2-6-10-17/h1-14H. The van der Waals surface area contributed by atoms with Gasteiger partial charge in [-0.15, -0.1) is 0 Å². The van der Waals surface area contributed by atoms with Gasteiger partial charge < -0.3 is 0 Å². The van der Waals surface area contributed by atoms with Gasteiger partial charge in [-0.3, -0.25) is 29.5 Å². The van der Waals surface area contributed by atoms with Gasteiger partial charge in [0.25, 0.3) is 17.5 Å². The summed E-state index contributed by atoms with van der Waals surface area (Å²) in [5.74, 6) is -1.21. The minimum Gasteiger partial charge on any atom is -0.268 e. The number of para-hydroxylation sites is 2. The van der Waals surface area contributed by atoms with E-state index in [1.54, 1.807) is 66.7 Å². The van der Waals surface area contributed by atoms with Crippen LogP contribution in [-0.4, -0.2) is 21.9 Å². The second-order valence-corrected chi connectivity index (χ2v) is 7.98. The van der Waals surface area contributed by atoms with Crippen molar-refractivity contribution >= 4 is 68.2 Å². The number of rotatable bonds is 4. The third kappa shape index (κ3) is 3.95. The van der Waals surface area contributed by atoms with Crippen LogP contribution in [0.2, 0.25) is 0 Å². The molecule has 1 aliphatic heterocycles. The summed E-state index contributed by atoms with van der Waals surface area (Å²) in [4.78, 5) is 40.1. The maximum Gasteiger partial charge on any atom is 0.284 e. The molecule has 1 fully saturated rings. The van der Waals surface area contributed by atoms with Gasteiger partial charge in [-0.2, -0.15) is 0 Å². The smallest absolute Gasteiger partial charge is 0.268 e. The van der Waals surface area contributed by atoms with Crippen molar-refractivity contribution in [3.05, 3.63) is 105 Å². The minimum atomic E-state index is -0.607. The molecule has 9 heteroatoms. The Morgan fingerprint density at radius 1 is 0.844 bits per heavy atom. The molecular weight excluding hydrogens is 494 g/mol. The number of amides is 2. The average molecular weight is 508 g/mol. The van der Waals surface area contributed by atoms with E-state index < -0.39 is 16.7 Å². The number of hydrogen-bond acceptors (Lipinski definition) is 5. The maximum atomic E-state index is 13.4. The second-order valence-electron chi connectivity index (χ2n) is 6.76. The minimum absolute atomic E-state index is 0.0244. The van der Waals surface area contributed by atoms with Crippen LogP contribution in [0.25, 0.3) is 6.08 Å². The molecule has 1 heterocycles. The Morgan fingerprint density at radius 2 is 1.34 bits per heavy atom. The Hall–Kier alpha value is -3.69. The lowest BCUT2D eigenvalue weighted by Gasteiger charge is -2.36. The SMILES string of the molecule is O=C1C(=Cc2ccc(Br)c([N+](=O)[O-])c2)C(=O)N(c2ccccc2)C(=S)N1c1ccccc1. The molecule has 1 saturated heterocycles. The van der Waals surface area contributed by atoms with Gasteiger partial charge in [0, 0.05) is 6.07 Å². The molecule has 2 amide bonds. The number of hydrogen-bond donors (Lipinski definition) is 0. The summed E-state index contributed by atoms with van der Waals surface area (Å²) in [7, 11) is 0. The van der Waals surface area contributed by atoms with Crippen LogP contribution in [-0.2, 0) is 9.59 Å². The monoisotopic (exact) mass is 507 g/mol. The van der Waals surface area contributed by atoms with E-state index in [1.807, 2.05) is 0 Å². The molecule has 158 valence electrons. The lowest BCUT2D eigenvalue weighted by atomic mass is 10.0. The molecule has 0 bridgehead atoms. The number of carbonyl (C=O) groups is 2. The maximum absolute atomic E-state index is 13.4. The topological polar surface area (TPSA) is 83.8 Å². The van der Waals surface area contributed by atoms with E-state index in [-0.39, 0.29) is 16.4 Å². The number of benzene rings is 3. The van der Waals surface area contributed by atoms with Crippen LogP contribution in [0.3, 0.4) is 0 Å². The van der Waals surface area contributed by atoms with Crippen LogP contribution in [0.5, 0.6) is 0 Å². The summed E-state index contributed by atoms with van der Waals surface area (Å²) in [6.45, 7) is 0. The van der Waals surface area contributed by atoms with Crippen molar-refractivity contribution in [2.75, 3.05) is 9.80 Å². The fraction of sp³-hybridized carbons (Fsp3) is 0. The van der Waals surface area contributed by atoms with Crippen LogP contribution in [0, 0.1) is 10.1 Å². The summed E-state index contributed by atoms with van der Waals surface area (Å²) in [5.41, 5.74) is 1.01. The van der Waals surface area contributed by atoms with Crippen molar-refractivity contribution in [2.45, 2.75) is 0 Å². The summed E-state index contributed by atoms with van der Waals surface area (Å²) >= 11 is 8.68. The molecule has 0 unspecified atom stereocenters. The van der Waals surface area contributed by atoms with Crippen molar-refractivity contribution < 1.29 is 14.5 Å². The molecule has 0 radical (unpaired) electrons. The number of nitro benzene ring substituents is 1. The molecule has 1 aliphatic rings. The second kappa shape index (κ2) is 8.81. The molecule has 0 saturated carbocycles. The molecule has 3 aromatic rings. The number of halogens is 1. The normalized spacial score (nSPS) is 14.0. The first-order chi connectivity index (χ1) is 15.4. The number of nitro groups is 1. The predicted octanol–water partition coefficient (Wildman–Crippen LogP) is 5.11. The molecular formula is C23H14BrN3O4S. The van der Waals surface area contributed by atoms with Gasteiger partial charge in [-0.05, 0) is 70.1 Å². The average Bonchev–Trinajstić information content (AvgIpc) is 2.79. The first-order valence-corrected chi connectivity index (χ1v) is 10.6. The Kier molecular flexibility index (Phi) is 5.93. The van der Waals surface area contributed by atoms with Gasteiger partial charge in [0.05, 0.1) is 20.8 Å². The number of anilines is 2. The largest absolute Gasteiger partial charge is 0.284 e. The molecule has 3 aromatic carbocycles. The van der Waals surface area contributed by atoms with E-state index in [9.17, 15) is 19.7 Å². The lowest BCUT2D eigenvalue weighted by Crippen LogP contribution is -2.56. The summed E-state index contributed by atoms with van der Waals surface area (Å²) < 4.78 is 0.295. The Bertz CT molecular complexity index is 1220. The van der Waals surface area contributed by atoms with Gasteiger partial charge in [0.1, 0.15) is 5.57 Å². The van der Waals surface area contributed by atoms with Crippen molar-refractivity contribution in [3.63, 3.8) is 0 Å². The fourth-order valence-electron chi connectivity index (χ4n) is 3.27. The molecule has 0 spiro atoms. The van der Waals surface area contributed by atoms with Gasteiger partial charge in [-0.25, -0.2) is 0 Å². The highest BCUT2D eigenvalue weighted by molar-refractivity contribution is 9.10. The van der Waals surface area contributed by atoms with Gasteiger partial charge in [0.2, 0.25) is 0 Å². The Labute approximate surface area is 196 Å². The van der Waals surface area contributed by atoms with E-state index >= 15 is 0 Å². The molecule has 0 N–H and O–H groups in total. The van der Waals surface area contributed by atoms with E-state index in [4.69, 9.17) is 12.2 Å². The third-order valence-corrected chi connectivity index (χ3v) is 5.79. The highest BCUT2D eigenvalue weighted by Crippen LogP contribution is 2.31. The lowest BCUT2D eigenvalue weighted by molar-refractivity contribution is -0.385. The van der Waals surface area contributed by atoms with Gasteiger partial charge >= 0.3 is 0 Å². The van der Waals surface area contributed by atoms with Crippen LogP contribution < -0.4 is 9.80 Å².